The van der Waals surface area contributed by atoms with Crippen LogP contribution in [0.2, 0.25) is 0 Å². The molecule has 37 heavy (non-hydrogen) atoms. The number of fused-ring (bicyclic) bond motifs is 1. The number of carboxylic acids is 1. The highest BCUT2D eigenvalue weighted by atomic mass is 32.2. The summed E-state index contributed by atoms with van der Waals surface area (Å²) in [4.78, 5) is 60.2. The molecule has 190 valence electrons. The van der Waals surface area contributed by atoms with Crippen LogP contribution in [-0.2, 0) is 19.2 Å². The molecule has 13 nitrogen and oxygen atoms in total. The number of nitrogens with zero attached hydrogens (tertiary/aromatic N) is 4. The van der Waals surface area contributed by atoms with Crippen molar-refractivity contribution in [1.29, 1.82) is 0 Å². The lowest BCUT2D eigenvalue weighted by molar-refractivity contribution is -0.150. The number of nitrogen functional groups attached to an aromatic ring is 1. The van der Waals surface area contributed by atoms with Crippen molar-refractivity contribution in [2.24, 2.45) is 5.16 Å². The van der Waals surface area contributed by atoms with E-state index in [4.69, 9.17) is 5.73 Å². The second-order valence-corrected chi connectivity index (χ2v) is 10.1. The highest BCUT2D eigenvalue weighted by molar-refractivity contribution is 8.00. The third-order valence-electron chi connectivity index (χ3n) is 6.00. The number of amides is 3. The molecule has 0 bridgehead atoms. The summed E-state index contributed by atoms with van der Waals surface area (Å²) in [6.45, 7) is 0.409. The number of aromatic nitrogens is 2. The zero-order valence-electron chi connectivity index (χ0n) is 18.9. The fourth-order valence-corrected chi connectivity index (χ4v) is 6.29. The molecule has 3 aliphatic heterocycles. The molecule has 0 aromatic carbocycles. The van der Waals surface area contributed by atoms with E-state index in [1.807, 2.05) is 0 Å². The maximum atomic E-state index is 13.1. The first-order chi connectivity index (χ1) is 17.8. The Labute approximate surface area is 217 Å². The summed E-state index contributed by atoms with van der Waals surface area (Å²) in [7, 11) is 0. The molecule has 0 aliphatic carbocycles. The SMILES string of the molecule is Nc1nc(C(=NO)C(=O)N[C@@H]2C(=O)N3C(C(=O)O)=C(C(=C4CCNC4=O)c4ccccn4)CS[C@H]23)cs1. The summed E-state index contributed by atoms with van der Waals surface area (Å²) in [5.74, 6) is -3.03. The molecule has 5 heterocycles. The van der Waals surface area contributed by atoms with Crippen LogP contribution < -0.4 is 16.4 Å². The highest BCUT2D eigenvalue weighted by Crippen LogP contribution is 2.45. The minimum Gasteiger partial charge on any atom is -0.477 e. The minimum absolute atomic E-state index is 0.0392. The van der Waals surface area contributed by atoms with Gasteiger partial charge in [-0.2, -0.15) is 0 Å². The zero-order valence-corrected chi connectivity index (χ0v) is 20.5. The number of carbonyl (C=O) groups is 4. The molecular weight excluding hydrogens is 522 g/mol. The van der Waals surface area contributed by atoms with Crippen LogP contribution >= 0.6 is 23.1 Å². The number of carbonyl (C=O) groups excluding carboxylic acids is 3. The number of thioether (sulfide) groups is 1. The maximum Gasteiger partial charge on any atom is 0.352 e. The van der Waals surface area contributed by atoms with E-state index >= 15 is 0 Å². The van der Waals surface area contributed by atoms with Crippen molar-refractivity contribution in [3.63, 3.8) is 0 Å². The number of β-lactam (4-membered cyclic amide) rings is 1. The summed E-state index contributed by atoms with van der Waals surface area (Å²) in [5, 5.41) is 28.5. The number of pyridine rings is 1. The molecule has 15 heteroatoms. The van der Waals surface area contributed by atoms with Crippen molar-refractivity contribution in [3.8, 4) is 0 Å². The molecule has 3 amide bonds. The lowest BCUT2D eigenvalue weighted by Gasteiger charge is -2.49. The van der Waals surface area contributed by atoms with E-state index in [-0.39, 0.29) is 28.2 Å². The minimum atomic E-state index is -1.35. The molecule has 2 atom stereocenters. The Morgan fingerprint density at radius 2 is 2.08 bits per heavy atom. The third-order valence-corrected chi connectivity index (χ3v) is 7.95. The molecule has 0 spiro atoms. The van der Waals surface area contributed by atoms with Gasteiger partial charge in [-0.1, -0.05) is 11.2 Å². The number of carboxylic acid groups (broad SMARTS) is 1. The lowest BCUT2D eigenvalue weighted by atomic mass is 9.92. The smallest absolute Gasteiger partial charge is 0.352 e. The summed E-state index contributed by atoms with van der Waals surface area (Å²) < 4.78 is 0. The molecule has 2 saturated heterocycles. The van der Waals surface area contributed by atoms with E-state index in [9.17, 15) is 29.5 Å². The van der Waals surface area contributed by atoms with E-state index in [1.54, 1.807) is 24.4 Å². The normalized spacial score (nSPS) is 22.8. The molecule has 2 aromatic heterocycles. The number of rotatable bonds is 6. The van der Waals surface area contributed by atoms with Crippen LogP contribution in [0.3, 0.4) is 0 Å². The van der Waals surface area contributed by atoms with Crippen LogP contribution in [0.15, 0.2) is 51.8 Å². The first-order valence-corrected chi connectivity index (χ1v) is 12.8. The fourth-order valence-electron chi connectivity index (χ4n) is 4.39. The van der Waals surface area contributed by atoms with Crippen LogP contribution in [0.25, 0.3) is 5.57 Å². The third kappa shape index (κ3) is 4.21. The monoisotopic (exact) mass is 541 g/mol. The predicted octanol–water partition coefficient (Wildman–Crippen LogP) is 0.0109. The van der Waals surface area contributed by atoms with Gasteiger partial charge in [0.1, 0.15) is 22.8 Å². The van der Waals surface area contributed by atoms with Gasteiger partial charge in [-0.05, 0) is 18.6 Å². The second-order valence-electron chi connectivity index (χ2n) is 8.09. The number of nitrogens with one attached hydrogen (secondary N) is 2. The summed E-state index contributed by atoms with van der Waals surface area (Å²) in [6.07, 6.45) is 1.92. The zero-order chi connectivity index (χ0) is 26.3. The molecule has 5 rings (SSSR count). The number of thiazole rings is 1. The maximum absolute atomic E-state index is 13.1. The molecule has 0 saturated carbocycles. The predicted molar refractivity (Wildman–Crippen MR) is 133 cm³/mol. The number of hydrogen-bond donors (Lipinski definition) is 5. The number of allylic oxidation sites excluding steroid dienone is 1. The van der Waals surface area contributed by atoms with Crippen LogP contribution in [0.4, 0.5) is 5.13 Å². The van der Waals surface area contributed by atoms with E-state index in [0.717, 1.165) is 16.2 Å². The van der Waals surface area contributed by atoms with Crippen LogP contribution in [0.5, 0.6) is 0 Å². The Hall–Kier alpha value is -4.24. The molecule has 0 unspecified atom stereocenters. The number of nitrogens with two attached hydrogens (primary N) is 1. The van der Waals surface area contributed by atoms with Gasteiger partial charge in [0, 0.05) is 40.6 Å². The Kier molecular flexibility index (Phi) is 6.39. The van der Waals surface area contributed by atoms with Gasteiger partial charge < -0.3 is 26.7 Å². The van der Waals surface area contributed by atoms with E-state index in [0.29, 0.717) is 35.4 Å². The summed E-state index contributed by atoms with van der Waals surface area (Å²) >= 11 is 2.28. The van der Waals surface area contributed by atoms with Crippen molar-refractivity contribution in [3.05, 3.63) is 58.0 Å². The van der Waals surface area contributed by atoms with Crippen molar-refractivity contribution in [1.82, 2.24) is 25.5 Å². The Balaban J connectivity index is 1.48. The number of oxime groups is 1. The Morgan fingerprint density at radius 3 is 2.68 bits per heavy atom. The standard InChI is InChI=1S/C22H19N7O6S2/c23-22-26-12(8-37-22)14(28-35)18(31)27-15-19(32)29-16(21(33)34)10(7-36-20(15)29)13(9-4-6-25-17(9)30)11-3-1-2-5-24-11/h1-3,5,8,15,20,35H,4,6-7H2,(H2,23,26)(H,25,30)(H,27,31)(H,33,34)/t15-,20-/m1/s1. The number of aliphatic carboxylic acids is 1. The van der Waals surface area contributed by atoms with Gasteiger partial charge in [0.15, 0.2) is 10.8 Å². The van der Waals surface area contributed by atoms with Crippen molar-refractivity contribution >= 4 is 63.2 Å². The van der Waals surface area contributed by atoms with E-state index in [1.165, 1.54) is 17.1 Å². The topological polar surface area (TPSA) is 200 Å². The number of anilines is 1. The van der Waals surface area contributed by atoms with Crippen LogP contribution in [0.1, 0.15) is 17.8 Å². The van der Waals surface area contributed by atoms with Gasteiger partial charge in [0.2, 0.25) is 5.91 Å². The van der Waals surface area contributed by atoms with Gasteiger partial charge in [0.25, 0.3) is 11.8 Å². The second kappa shape index (κ2) is 9.67. The van der Waals surface area contributed by atoms with Crippen molar-refractivity contribution in [2.75, 3.05) is 18.0 Å². The summed E-state index contributed by atoms with van der Waals surface area (Å²) in [5.41, 5.74) is 6.43. The average Bonchev–Trinajstić information content (AvgIpc) is 3.51. The summed E-state index contributed by atoms with van der Waals surface area (Å²) in [6, 6.07) is 4.04. The van der Waals surface area contributed by atoms with Gasteiger partial charge >= 0.3 is 5.97 Å². The molecule has 6 N–H and O–H groups in total. The first kappa shape index (κ1) is 24.5. The van der Waals surface area contributed by atoms with Gasteiger partial charge in [-0.15, -0.1) is 23.1 Å². The van der Waals surface area contributed by atoms with Gasteiger partial charge in [-0.3, -0.25) is 24.3 Å². The molecule has 2 aromatic rings. The molecule has 0 radical (unpaired) electrons. The largest absolute Gasteiger partial charge is 0.477 e. The highest BCUT2D eigenvalue weighted by Gasteiger charge is 2.55. The van der Waals surface area contributed by atoms with Gasteiger partial charge in [-0.25, -0.2) is 9.78 Å². The van der Waals surface area contributed by atoms with Crippen LogP contribution in [0, 0.1) is 0 Å². The van der Waals surface area contributed by atoms with Crippen molar-refractivity contribution < 1.29 is 29.5 Å². The van der Waals surface area contributed by atoms with Gasteiger partial charge in [0.05, 0.1) is 5.69 Å². The quantitative estimate of drug-likeness (QED) is 0.109. The van der Waals surface area contributed by atoms with E-state index in [2.05, 4.69) is 25.8 Å². The molecular formula is C22H19N7O6S2. The van der Waals surface area contributed by atoms with Crippen LogP contribution in [-0.4, -0.2) is 78.3 Å². The molecule has 2 fully saturated rings. The molecule has 3 aliphatic rings. The Morgan fingerprint density at radius 1 is 1.27 bits per heavy atom. The lowest BCUT2D eigenvalue weighted by Crippen LogP contribution is -2.71. The fraction of sp³-hybridized carbons (Fsp3) is 0.227. The first-order valence-electron chi connectivity index (χ1n) is 10.9. The van der Waals surface area contributed by atoms with E-state index < -0.39 is 34.9 Å². The Bertz CT molecular complexity index is 1420. The van der Waals surface area contributed by atoms with Crippen molar-refractivity contribution in [2.45, 2.75) is 17.8 Å². The number of hydrogen-bond acceptors (Lipinski definition) is 11. The average molecular weight is 542 g/mol.